The number of ether oxygens (including phenoxy) is 1. The molecule has 1 saturated carbocycles. The number of rotatable bonds is 3. The minimum atomic E-state index is -4.62. The predicted molar refractivity (Wildman–Crippen MR) is 58.2 cm³/mol. The van der Waals surface area contributed by atoms with Gasteiger partial charge in [-0.05, 0) is 23.6 Å². The molecule has 0 amide bonds. The standard InChI is InChI=1S/C12H13F3NO/c1-16-10-6-9(7-10)8-2-4-11(5-3-8)17-12(13,14)15/h2-5,9-10H,6-7H2,1H3/q-1. The molecule has 1 aromatic carbocycles. The van der Waals surface area contributed by atoms with Crippen LogP contribution in [0.1, 0.15) is 24.3 Å². The molecule has 0 unspecified atom stereocenters. The van der Waals surface area contributed by atoms with Crippen molar-refractivity contribution in [3.63, 3.8) is 0 Å². The van der Waals surface area contributed by atoms with Crippen molar-refractivity contribution in [1.82, 2.24) is 0 Å². The molecule has 1 aliphatic rings. The van der Waals surface area contributed by atoms with Gasteiger partial charge in [0, 0.05) is 0 Å². The fourth-order valence-electron chi connectivity index (χ4n) is 2.01. The lowest BCUT2D eigenvalue weighted by Gasteiger charge is -2.44. The van der Waals surface area contributed by atoms with Crippen LogP contribution in [0.4, 0.5) is 13.2 Å². The fraction of sp³-hybridized carbons (Fsp3) is 0.500. The van der Waals surface area contributed by atoms with E-state index in [-0.39, 0.29) is 5.75 Å². The van der Waals surface area contributed by atoms with Crippen LogP contribution in [0.2, 0.25) is 0 Å². The summed E-state index contributed by atoms with van der Waals surface area (Å²) in [4.78, 5) is 0. The molecule has 17 heavy (non-hydrogen) atoms. The Bertz CT molecular complexity index is 368. The summed E-state index contributed by atoms with van der Waals surface area (Å²) in [5.41, 5.74) is 1.06. The second-order valence-corrected chi connectivity index (χ2v) is 4.20. The normalized spacial score (nSPS) is 24.2. The summed E-state index contributed by atoms with van der Waals surface area (Å²) in [5.74, 6) is 0.251. The highest BCUT2D eigenvalue weighted by Gasteiger charge is 2.31. The van der Waals surface area contributed by atoms with E-state index in [1.165, 1.54) is 12.1 Å². The maximum atomic E-state index is 11.9. The average molecular weight is 244 g/mol. The topological polar surface area (TPSA) is 23.3 Å². The van der Waals surface area contributed by atoms with E-state index in [2.05, 4.69) is 10.1 Å². The molecular formula is C12H13F3NO-. The molecule has 1 aromatic rings. The van der Waals surface area contributed by atoms with Crippen LogP contribution in [0.15, 0.2) is 24.3 Å². The third kappa shape index (κ3) is 3.12. The largest absolute Gasteiger partial charge is 0.662 e. The van der Waals surface area contributed by atoms with Crippen molar-refractivity contribution in [3.05, 3.63) is 35.1 Å². The second-order valence-electron chi connectivity index (χ2n) is 4.20. The SMILES string of the molecule is C[N-]C1CC(c2ccc(OC(F)(F)F)cc2)C1. The predicted octanol–water partition coefficient (Wildman–Crippen LogP) is 3.83. The van der Waals surface area contributed by atoms with Gasteiger partial charge in [-0.25, -0.2) is 0 Å². The number of nitrogens with zero attached hydrogens (tertiary/aromatic N) is 1. The summed E-state index contributed by atoms with van der Waals surface area (Å²) in [6, 6.07) is 6.51. The van der Waals surface area contributed by atoms with Gasteiger partial charge in [0.15, 0.2) is 0 Å². The molecule has 0 heterocycles. The maximum absolute atomic E-state index is 11.9. The highest BCUT2D eigenvalue weighted by molar-refractivity contribution is 5.31. The summed E-state index contributed by atoms with van der Waals surface area (Å²) in [6.45, 7) is 0. The lowest BCUT2D eigenvalue weighted by atomic mass is 9.76. The molecule has 0 bridgehead atoms. The van der Waals surface area contributed by atoms with Crippen molar-refractivity contribution >= 4 is 0 Å². The second kappa shape index (κ2) is 4.56. The first kappa shape index (κ1) is 12.2. The van der Waals surface area contributed by atoms with Gasteiger partial charge in [0.05, 0.1) is 0 Å². The van der Waals surface area contributed by atoms with Crippen LogP contribution in [0, 0.1) is 0 Å². The minimum absolute atomic E-state index is 0.169. The molecule has 0 radical (unpaired) electrons. The molecule has 0 N–H and O–H groups in total. The Labute approximate surface area is 97.8 Å². The molecule has 0 atom stereocenters. The van der Waals surface area contributed by atoms with Gasteiger partial charge in [-0.15, -0.1) is 19.2 Å². The first-order valence-corrected chi connectivity index (χ1v) is 5.42. The van der Waals surface area contributed by atoms with E-state index in [1.807, 2.05) is 0 Å². The molecule has 2 rings (SSSR count). The molecule has 0 aromatic heterocycles. The summed E-state index contributed by atoms with van der Waals surface area (Å²) >= 11 is 0. The highest BCUT2D eigenvalue weighted by atomic mass is 19.4. The molecule has 0 spiro atoms. The van der Waals surface area contributed by atoms with Crippen molar-refractivity contribution < 1.29 is 17.9 Å². The molecule has 1 aliphatic carbocycles. The van der Waals surface area contributed by atoms with E-state index < -0.39 is 6.36 Å². The quantitative estimate of drug-likeness (QED) is 0.792. The average Bonchev–Trinajstić information content (AvgIpc) is 2.16. The Morgan fingerprint density at radius 2 is 1.76 bits per heavy atom. The van der Waals surface area contributed by atoms with E-state index in [9.17, 15) is 13.2 Å². The molecule has 0 saturated heterocycles. The van der Waals surface area contributed by atoms with Crippen LogP contribution in [-0.2, 0) is 0 Å². The third-order valence-corrected chi connectivity index (χ3v) is 3.06. The number of halogens is 3. The van der Waals surface area contributed by atoms with Gasteiger partial charge < -0.3 is 10.1 Å². The Hall–Kier alpha value is -1.23. The van der Waals surface area contributed by atoms with Crippen molar-refractivity contribution in [2.24, 2.45) is 0 Å². The minimum Gasteiger partial charge on any atom is -0.662 e. The first-order valence-electron chi connectivity index (χ1n) is 5.42. The highest BCUT2D eigenvalue weighted by Crippen LogP contribution is 2.40. The smallest absolute Gasteiger partial charge is 0.573 e. The number of hydrogen-bond acceptors (Lipinski definition) is 1. The van der Waals surface area contributed by atoms with Gasteiger partial charge >= 0.3 is 6.36 Å². The monoisotopic (exact) mass is 244 g/mol. The zero-order chi connectivity index (χ0) is 12.5. The van der Waals surface area contributed by atoms with Crippen LogP contribution in [0.5, 0.6) is 5.75 Å². The lowest BCUT2D eigenvalue weighted by molar-refractivity contribution is -0.274. The van der Waals surface area contributed by atoms with Crippen LogP contribution in [0.3, 0.4) is 0 Å². The van der Waals surface area contributed by atoms with Crippen LogP contribution in [-0.4, -0.2) is 19.5 Å². The number of hydrogen-bond donors (Lipinski definition) is 0. The molecular weight excluding hydrogens is 231 g/mol. The van der Waals surface area contributed by atoms with Crippen LogP contribution < -0.4 is 4.74 Å². The van der Waals surface area contributed by atoms with E-state index in [0.29, 0.717) is 12.0 Å². The summed E-state index contributed by atoms with van der Waals surface area (Å²) < 4.78 is 39.6. The van der Waals surface area contributed by atoms with E-state index >= 15 is 0 Å². The van der Waals surface area contributed by atoms with Gasteiger partial charge in [-0.3, -0.25) is 0 Å². The summed E-state index contributed by atoms with van der Waals surface area (Å²) in [7, 11) is 1.79. The van der Waals surface area contributed by atoms with Crippen molar-refractivity contribution in [2.75, 3.05) is 7.05 Å². The van der Waals surface area contributed by atoms with Gasteiger partial charge in [-0.2, -0.15) is 7.05 Å². The zero-order valence-corrected chi connectivity index (χ0v) is 9.37. The first-order chi connectivity index (χ1) is 7.98. The third-order valence-electron chi connectivity index (χ3n) is 3.06. The summed E-state index contributed by atoms with van der Waals surface area (Å²) in [6.07, 6.45) is -2.66. The Morgan fingerprint density at radius 1 is 1.18 bits per heavy atom. The van der Waals surface area contributed by atoms with Gasteiger partial charge in [0.25, 0.3) is 0 Å². The molecule has 1 fully saturated rings. The van der Waals surface area contributed by atoms with Gasteiger partial charge in [0.1, 0.15) is 5.75 Å². The van der Waals surface area contributed by atoms with Crippen LogP contribution in [0.25, 0.3) is 5.32 Å². The maximum Gasteiger partial charge on any atom is 0.573 e. The lowest BCUT2D eigenvalue weighted by Crippen LogP contribution is -2.25. The zero-order valence-electron chi connectivity index (χ0n) is 9.37. The Balaban J connectivity index is 1.95. The number of benzene rings is 1. The van der Waals surface area contributed by atoms with Crippen molar-refractivity contribution in [2.45, 2.75) is 31.2 Å². The molecule has 0 aliphatic heterocycles. The molecule has 2 nitrogen and oxygen atoms in total. The van der Waals surface area contributed by atoms with Crippen LogP contribution >= 0.6 is 0 Å². The van der Waals surface area contributed by atoms with Gasteiger partial charge in [-0.1, -0.05) is 25.0 Å². The van der Waals surface area contributed by atoms with Crippen molar-refractivity contribution in [1.29, 1.82) is 0 Å². The molecule has 94 valence electrons. The Morgan fingerprint density at radius 3 is 2.24 bits per heavy atom. The summed E-state index contributed by atoms with van der Waals surface area (Å²) in [5, 5.41) is 4.16. The van der Waals surface area contributed by atoms with E-state index in [1.54, 1.807) is 19.2 Å². The van der Waals surface area contributed by atoms with E-state index in [4.69, 9.17) is 0 Å². The van der Waals surface area contributed by atoms with Gasteiger partial charge in [0.2, 0.25) is 0 Å². The molecule has 5 heteroatoms. The Kier molecular flexibility index (Phi) is 3.28. The van der Waals surface area contributed by atoms with E-state index in [0.717, 1.165) is 18.4 Å². The number of alkyl halides is 3. The van der Waals surface area contributed by atoms with Crippen molar-refractivity contribution in [3.8, 4) is 5.75 Å². The fourth-order valence-corrected chi connectivity index (χ4v) is 2.01.